The lowest BCUT2D eigenvalue weighted by Gasteiger charge is -2.14. The van der Waals surface area contributed by atoms with Crippen molar-refractivity contribution in [2.45, 2.75) is 19.3 Å². The van der Waals surface area contributed by atoms with Crippen LogP contribution < -0.4 is 14.4 Å². The van der Waals surface area contributed by atoms with Gasteiger partial charge in [-0.25, -0.2) is 0 Å². The Balaban J connectivity index is 1.89. The number of ether oxygens (including phenoxy) is 2. The molecule has 0 aliphatic carbocycles. The topological polar surface area (TPSA) is 38.8 Å². The maximum Gasteiger partial charge on any atom is 0.234 e. The second kappa shape index (κ2) is 6.32. The third kappa shape index (κ3) is 2.77. The molecule has 0 spiro atoms. The standard InChI is InChI=1S/C19H21NO3/c1-4-23-17-10-9-13(12-18(17)22-3)11-15-14-7-5-6-8-16(14)20(2)19(15)21/h5-10,12,15H,4,11H2,1-3H3/t15-/m0/s1. The smallest absolute Gasteiger partial charge is 0.234 e. The van der Waals surface area contributed by atoms with E-state index in [4.69, 9.17) is 9.47 Å². The van der Waals surface area contributed by atoms with Gasteiger partial charge in [-0.3, -0.25) is 4.79 Å². The average molecular weight is 311 g/mol. The van der Waals surface area contributed by atoms with E-state index in [2.05, 4.69) is 0 Å². The van der Waals surface area contributed by atoms with Crippen LogP contribution >= 0.6 is 0 Å². The van der Waals surface area contributed by atoms with Crippen LogP contribution in [-0.2, 0) is 11.2 Å². The summed E-state index contributed by atoms with van der Waals surface area (Å²) in [6.45, 7) is 2.53. The summed E-state index contributed by atoms with van der Waals surface area (Å²) in [5.41, 5.74) is 3.15. The van der Waals surface area contributed by atoms with Crippen LogP contribution in [0.5, 0.6) is 11.5 Å². The zero-order valence-corrected chi connectivity index (χ0v) is 13.7. The van der Waals surface area contributed by atoms with Crippen molar-refractivity contribution < 1.29 is 14.3 Å². The van der Waals surface area contributed by atoms with Gasteiger partial charge >= 0.3 is 0 Å². The molecule has 0 radical (unpaired) electrons. The van der Waals surface area contributed by atoms with Crippen molar-refractivity contribution in [3.63, 3.8) is 0 Å². The Morgan fingerprint density at radius 1 is 1.13 bits per heavy atom. The molecule has 2 aromatic rings. The second-order valence-corrected chi connectivity index (χ2v) is 5.63. The third-order valence-electron chi connectivity index (χ3n) is 4.27. The Kier molecular flexibility index (Phi) is 4.24. The van der Waals surface area contributed by atoms with Gasteiger partial charge in [-0.05, 0) is 42.7 Å². The lowest BCUT2D eigenvalue weighted by atomic mass is 9.93. The summed E-state index contributed by atoms with van der Waals surface area (Å²) in [5.74, 6) is 1.43. The van der Waals surface area contributed by atoms with Crippen LogP contribution in [0.2, 0.25) is 0 Å². The molecule has 23 heavy (non-hydrogen) atoms. The number of amides is 1. The van der Waals surface area contributed by atoms with Gasteiger partial charge in [0.2, 0.25) is 5.91 Å². The first kappa shape index (κ1) is 15.4. The summed E-state index contributed by atoms with van der Waals surface area (Å²) in [4.78, 5) is 14.3. The first-order valence-corrected chi connectivity index (χ1v) is 7.82. The molecule has 4 heteroatoms. The summed E-state index contributed by atoms with van der Waals surface area (Å²) >= 11 is 0. The number of benzene rings is 2. The molecule has 1 heterocycles. The highest BCUT2D eigenvalue weighted by molar-refractivity contribution is 6.04. The van der Waals surface area contributed by atoms with Crippen molar-refractivity contribution in [1.82, 2.24) is 0 Å². The zero-order valence-electron chi connectivity index (χ0n) is 13.7. The fourth-order valence-electron chi connectivity index (χ4n) is 3.12. The maximum absolute atomic E-state index is 12.6. The molecule has 0 N–H and O–H groups in total. The highest BCUT2D eigenvalue weighted by atomic mass is 16.5. The molecule has 3 rings (SSSR count). The number of anilines is 1. The molecule has 1 amide bonds. The van der Waals surface area contributed by atoms with Crippen molar-refractivity contribution in [3.05, 3.63) is 53.6 Å². The van der Waals surface area contributed by atoms with E-state index in [0.717, 1.165) is 22.6 Å². The van der Waals surface area contributed by atoms with E-state index in [0.29, 0.717) is 18.8 Å². The predicted octanol–water partition coefficient (Wildman–Crippen LogP) is 3.40. The number of likely N-dealkylation sites (N-methyl/N-ethyl adjacent to an activating group) is 1. The van der Waals surface area contributed by atoms with E-state index in [9.17, 15) is 4.79 Å². The fourth-order valence-corrected chi connectivity index (χ4v) is 3.12. The van der Waals surface area contributed by atoms with Crippen molar-refractivity contribution in [3.8, 4) is 11.5 Å². The summed E-state index contributed by atoms with van der Waals surface area (Å²) in [6.07, 6.45) is 0.656. The Morgan fingerprint density at radius 3 is 2.65 bits per heavy atom. The molecule has 1 aliphatic rings. The third-order valence-corrected chi connectivity index (χ3v) is 4.27. The lowest BCUT2D eigenvalue weighted by molar-refractivity contribution is -0.119. The summed E-state index contributed by atoms with van der Waals surface area (Å²) in [6, 6.07) is 13.8. The molecule has 0 saturated carbocycles. The monoisotopic (exact) mass is 311 g/mol. The highest BCUT2D eigenvalue weighted by Gasteiger charge is 2.34. The Bertz CT molecular complexity index is 726. The minimum Gasteiger partial charge on any atom is -0.493 e. The van der Waals surface area contributed by atoms with E-state index in [1.165, 1.54) is 0 Å². The fraction of sp³-hybridized carbons (Fsp3) is 0.316. The number of hydrogen-bond acceptors (Lipinski definition) is 3. The van der Waals surface area contributed by atoms with Crippen molar-refractivity contribution in [2.75, 3.05) is 25.7 Å². The van der Waals surface area contributed by atoms with Gasteiger partial charge in [0, 0.05) is 12.7 Å². The molecule has 1 atom stereocenters. The second-order valence-electron chi connectivity index (χ2n) is 5.63. The molecule has 0 unspecified atom stereocenters. The number of hydrogen-bond donors (Lipinski definition) is 0. The number of methoxy groups -OCH3 is 1. The number of nitrogens with zero attached hydrogens (tertiary/aromatic N) is 1. The van der Waals surface area contributed by atoms with Crippen molar-refractivity contribution >= 4 is 11.6 Å². The first-order valence-electron chi connectivity index (χ1n) is 7.82. The van der Waals surface area contributed by atoms with Crippen LogP contribution in [0.15, 0.2) is 42.5 Å². The van der Waals surface area contributed by atoms with Gasteiger partial charge in [-0.1, -0.05) is 24.3 Å². The molecule has 1 aliphatic heterocycles. The van der Waals surface area contributed by atoms with Gasteiger partial charge < -0.3 is 14.4 Å². The Labute approximate surface area is 136 Å². The predicted molar refractivity (Wildman–Crippen MR) is 90.5 cm³/mol. The van der Waals surface area contributed by atoms with Crippen molar-refractivity contribution in [2.24, 2.45) is 0 Å². The van der Waals surface area contributed by atoms with Gasteiger partial charge in [-0.15, -0.1) is 0 Å². The summed E-state index contributed by atoms with van der Waals surface area (Å²) in [5, 5.41) is 0. The van der Waals surface area contributed by atoms with E-state index in [1.54, 1.807) is 12.0 Å². The van der Waals surface area contributed by atoms with E-state index < -0.39 is 0 Å². The zero-order chi connectivity index (χ0) is 16.4. The van der Waals surface area contributed by atoms with Crippen LogP contribution in [0.25, 0.3) is 0 Å². The Morgan fingerprint density at radius 2 is 1.91 bits per heavy atom. The Hall–Kier alpha value is -2.49. The maximum atomic E-state index is 12.6. The normalized spacial score (nSPS) is 16.4. The molecule has 120 valence electrons. The van der Waals surface area contributed by atoms with E-state index in [-0.39, 0.29) is 11.8 Å². The molecule has 0 fully saturated rings. The van der Waals surface area contributed by atoms with Crippen LogP contribution in [0.1, 0.15) is 24.0 Å². The van der Waals surface area contributed by atoms with Crippen LogP contribution in [0, 0.1) is 0 Å². The van der Waals surface area contributed by atoms with Gasteiger partial charge in [-0.2, -0.15) is 0 Å². The van der Waals surface area contributed by atoms with Gasteiger partial charge in [0.15, 0.2) is 11.5 Å². The molecule has 0 bridgehead atoms. The number of carbonyl (C=O) groups excluding carboxylic acids is 1. The largest absolute Gasteiger partial charge is 0.493 e. The van der Waals surface area contributed by atoms with Gasteiger partial charge in [0.05, 0.1) is 19.6 Å². The summed E-state index contributed by atoms with van der Waals surface area (Å²) in [7, 11) is 3.46. The van der Waals surface area contributed by atoms with E-state index in [1.807, 2.05) is 56.4 Å². The molecule has 0 saturated heterocycles. The minimum atomic E-state index is -0.140. The molecule has 0 aromatic heterocycles. The molecular weight excluding hydrogens is 290 g/mol. The number of carbonyl (C=O) groups is 1. The van der Waals surface area contributed by atoms with Crippen molar-refractivity contribution in [1.29, 1.82) is 0 Å². The van der Waals surface area contributed by atoms with Crippen LogP contribution in [0.3, 0.4) is 0 Å². The SMILES string of the molecule is CCOc1ccc(C[C@@H]2C(=O)N(C)c3ccccc32)cc1OC. The van der Waals surface area contributed by atoms with Gasteiger partial charge in [0.1, 0.15) is 0 Å². The number of rotatable bonds is 5. The first-order chi connectivity index (χ1) is 11.2. The number of para-hydroxylation sites is 1. The highest BCUT2D eigenvalue weighted by Crippen LogP contribution is 2.39. The van der Waals surface area contributed by atoms with Crippen LogP contribution in [-0.4, -0.2) is 26.7 Å². The number of fused-ring (bicyclic) bond motifs is 1. The molecular formula is C19H21NO3. The molecule has 4 nitrogen and oxygen atoms in total. The van der Waals surface area contributed by atoms with Gasteiger partial charge in [0.25, 0.3) is 0 Å². The van der Waals surface area contributed by atoms with E-state index >= 15 is 0 Å². The van der Waals surface area contributed by atoms with Crippen LogP contribution in [0.4, 0.5) is 5.69 Å². The quantitative estimate of drug-likeness (QED) is 0.849. The molecule has 2 aromatic carbocycles. The summed E-state index contributed by atoms with van der Waals surface area (Å²) < 4.78 is 10.9. The lowest BCUT2D eigenvalue weighted by Crippen LogP contribution is -2.24. The average Bonchev–Trinajstić information content (AvgIpc) is 2.82. The minimum absolute atomic E-state index is 0.138.